The maximum Gasteiger partial charge on any atom is 0.315 e. The number of fused-ring (bicyclic) bond motifs is 2. The summed E-state index contributed by atoms with van der Waals surface area (Å²) < 4.78 is 16.3. The van der Waals surface area contributed by atoms with Crippen LogP contribution in [0.3, 0.4) is 0 Å². The highest BCUT2D eigenvalue weighted by Crippen LogP contribution is 2.47. The molecule has 2 unspecified atom stereocenters. The molecule has 29 heavy (non-hydrogen) atoms. The first-order valence-electron chi connectivity index (χ1n) is 9.59. The largest absolute Gasteiger partial charge is 0.475 e. The van der Waals surface area contributed by atoms with Gasteiger partial charge in [-0.15, -0.1) is 0 Å². The average Bonchev–Trinajstić information content (AvgIpc) is 3.15. The minimum Gasteiger partial charge on any atom is -0.475 e. The lowest BCUT2D eigenvalue weighted by molar-refractivity contribution is -0.146. The van der Waals surface area contributed by atoms with E-state index in [0.717, 1.165) is 11.1 Å². The van der Waals surface area contributed by atoms with Crippen LogP contribution < -0.4 is 4.74 Å². The van der Waals surface area contributed by atoms with Gasteiger partial charge in [0.1, 0.15) is 17.0 Å². The summed E-state index contributed by atoms with van der Waals surface area (Å²) in [6.45, 7) is 7.76. The molecule has 0 N–H and O–H groups in total. The predicted molar refractivity (Wildman–Crippen MR) is 107 cm³/mol. The predicted octanol–water partition coefficient (Wildman–Crippen LogP) is 3.82. The zero-order valence-corrected chi connectivity index (χ0v) is 16.7. The number of hydrogen-bond acceptors (Lipinski definition) is 8. The van der Waals surface area contributed by atoms with E-state index >= 15 is 0 Å². The number of pyridine rings is 1. The van der Waals surface area contributed by atoms with E-state index in [9.17, 15) is 4.79 Å². The first-order valence-corrected chi connectivity index (χ1v) is 9.59. The average molecular weight is 394 g/mol. The number of benzene rings is 1. The van der Waals surface area contributed by atoms with E-state index in [-0.39, 0.29) is 18.7 Å². The van der Waals surface area contributed by atoms with Crippen LogP contribution in [-0.4, -0.2) is 39.7 Å². The minimum absolute atomic E-state index is 0.0906. The molecule has 1 aliphatic rings. The molecular formula is C21H22N4O4. The summed E-state index contributed by atoms with van der Waals surface area (Å²) in [5.41, 5.74) is 4.11. The number of rotatable bonds is 5. The molecule has 4 rings (SSSR count). The molecule has 3 aromatic rings. The molecule has 0 spiro atoms. The monoisotopic (exact) mass is 394 g/mol. The zero-order chi connectivity index (χ0) is 20.5. The van der Waals surface area contributed by atoms with Gasteiger partial charge in [0.25, 0.3) is 0 Å². The van der Waals surface area contributed by atoms with E-state index in [4.69, 9.17) is 14.1 Å². The van der Waals surface area contributed by atoms with Crippen LogP contribution in [0.2, 0.25) is 0 Å². The van der Waals surface area contributed by atoms with Gasteiger partial charge < -0.3 is 9.47 Å². The van der Waals surface area contributed by atoms with Crippen LogP contribution in [0, 0.1) is 5.92 Å². The topological polar surface area (TPSA) is 99.7 Å². The lowest BCUT2D eigenvalue weighted by Gasteiger charge is -2.32. The number of hydrogen-bond donors (Lipinski definition) is 0. The van der Waals surface area contributed by atoms with Gasteiger partial charge in [0.15, 0.2) is 0 Å². The van der Waals surface area contributed by atoms with Gasteiger partial charge in [0.2, 0.25) is 5.88 Å². The van der Waals surface area contributed by atoms with Crippen LogP contribution in [0.4, 0.5) is 5.69 Å². The van der Waals surface area contributed by atoms with Crippen LogP contribution >= 0.6 is 0 Å². The number of carbonyl (C=O) groups excluding carboxylic acids is 1. The highest BCUT2D eigenvalue weighted by molar-refractivity contribution is 6.05. The summed E-state index contributed by atoms with van der Waals surface area (Å²) in [5.74, 6) is -0.984. The van der Waals surface area contributed by atoms with E-state index in [1.165, 1.54) is 0 Å². The zero-order valence-electron chi connectivity index (χ0n) is 16.7. The van der Waals surface area contributed by atoms with E-state index in [1.807, 2.05) is 45.0 Å². The number of carbonyl (C=O) groups is 1. The van der Waals surface area contributed by atoms with Crippen molar-refractivity contribution in [1.82, 2.24) is 15.3 Å². The second kappa shape index (κ2) is 7.62. The van der Waals surface area contributed by atoms with Gasteiger partial charge in [-0.1, -0.05) is 12.1 Å². The maximum absolute atomic E-state index is 13.0. The molecule has 8 nitrogen and oxygen atoms in total. The number of esters is 1. The Morgan fingerprint density at radius 2 is 2.07 bits per heavy atom. The molecule has 0 saturated heterocycles. The summed E-state index contributed by atoms with van der Waals surface area (Å²) in [5, 5.41) is 8.03. The van der Waals surface area contributed by atoms with Crippen LogP contribution in [0.15, 0.2) is 40.1 Å². The maximum atomic E-state index is 13.0. The van der Waals surface area contributed by atoms with Gasteiger partial charge in [-0.25, -0.2) is 9.61 Å². The Balaban J connectivity index is 1.99. The fourth-order valence-corrected chi connectivity index (χ4v) is 3.77. The second-order valence-corrected chi connectivity index (χ2v) is 7.16. The van der Waals surface area contributed by atoms with E-state index in [2.05, 4.69) is 20.3 Å². The van der Waals surface area contributed by atoms with Gasteiger partial charge >= 0.3 is 5.97 Å². The molecule has 0 aliphatic carbocycles. The van der Waals surface area contributed by atoms with Crippen molar-refractivity contribution in [2.45, 2.75) is 39.7 Å². The molecule has 1 aromatic carbocycles. The number of nitrogens with zero attached hydrogens (tertiary/aromatic N) is 4. The first kappa shape index (κ1) is 19.0. The van der Waals surface area contributed by atoms with E-state index in [1.54, 1.807) is 13.1 Å². The highest BCUT2D eigenvalue weighted by atomic mass is 16.6. The van der Waals surface area contributed by atoms with Crippen molar-refractivity contribution in [2.24, 2.45) is 10.9 Å². The van der Waals surface area contributed by atoms with Gasteiger partial charge in [0, 0.05) is 23.4 Å². The molecule has 0 radical (unpaired) electrons. The van der Waals surface area contributed by atoms with Crippen LogP contribution in [0.25, 0.3) is 11.0 Å². The van der Waals surface area contributed by atoms with E-state index in [0.29, 0.717) is 28.3 Å². The third-order valence-electron chi connectivity index (χ3n) is 4.86. The van der Waals surface area contributed by atoms with Crippen molar-refractivity contribution >= 4 is 28.4 Å². The molecular weight excluding hydrogens is 372 g/mol. The Labute approximate surface area is 167 Å². The van der Waals surface area contributed by atoms with Gasteiger partial charge in [-0.05, 0) is 55.7 Å². The normalized spacial score (nSPS) is 18.4. The molecule has 0 saturated carbocycles. The smallest absolute Gasteiger partial charge is 0.315 e. The van der Waals surface area contributed by atoms with Crippen molar-refractivity contribution in [2.75, 3.05) is 6.61 Å². The summed E-state index contributed by atoms with van der Waals surface area (Å²) in [4.78, 5) is 22.1. The standard InChI is InChI=1S/C21H22N4O4/c1-5-27-21(26)16-12(4)23-14-9-10-22-20(28-11(2)3)18(14)17(16)13-7-6-8-15-19(13)25-29-24-15/h6-11,16-17H,5H2,1-4H3. The van der Waals surface area contributed by atoms with Gasteiger partial charge in [-0.3, -0.25) is 9.79 Å². The molecule has 2 aromatic heterocycles. The van der Waals surface area contributed by atoms with Crippen molar-refractivity contribution in [1.29, 1.82) is 0 Å². The highest BCUT2D eigenvalue weighted by Gasteiger charge is 2.42. The molecule has 3 heterocycles. The van der Waals surface area contributed by atoms with Gasteiger partial charge in [0.05, 0.1) is 18.4 Å². The lowest BCUT2D eigenvalue weighted by Crippen LogP contribution is -2.34. The van der Waals surface area contributed by atoms with Gasteiger partial charge in [-0.2, -0.15) is 0 Å². The van der Waals surface area contributed by atoms with Crippen LogP contribution in [0.1, 0.15) is 44.7 Å². The molecule has 0 bridgehead atoms. The quantitative estimate of drug-likeness (QED) is 0.606. The third kappa shape index (κ3) is 3.35. The van der Waals surface area contributed by atoms with Crippen molar-refractivity contribution in [3.8, 4) is 5.88 Å². The first-order chi connectivity index (χ1) is 14.0. The Kier molecular flexibility index (Phi) is 5.00. The van der Waals surface area contributed by atoms with E-state index < -0.39 is 11.8 Å². The molecule has 150 valence electrons. The van der Waals surface area contributed by atoms with Crippen molar-refractivity contribution < 1.29 is 18.9 Å². The summed E-state index contributed by atoms with van der Waals surface area (Å²) in [6, 6.07) is 7.41. The Morgan fingerprint density at radius 3 is 2.83 bits per heavy atom. The molecule has 2 atom stereocenters. The third-order valence-corrected chi connectivity index (χ3v) is 4.86. The fourth-order valence-electron chi connectivity index (χ4n) is 3.77. The molecule has 8 heteroatoms. The van der Waals surface area contributed by atoms with Crippen LogP contribution in [0.5, 0.6) is 5.88 Å². The summed E-state index contributed by atoms with van der Waals surface area (Å²) in [6.07, 6.45) is 1.57. The fraction of sp³-hybridized carbons (Fsp3) is 0.381. The second-order valence-electron chi connectivity index (χ2n) is 7.16. The number of aromatic nitrogens is 3. The summed E-state index contributed by atoms with van der Waals surface area (Å²) in [7, 11) is 0. The minimum atomic E-state index is -0.636. The van der Waals surface area contributed by atoms with Crippen molar-refractivity contribution in [3.05, 3.63) is 41.6 Å². The molecule has 0 amide bonds. The number of ether oxygens (including phenoxy) is 2. The SMILES string of the molecule is CCOC(=O)C1C(C)=Nc2ccnc(OC(C)C)c2C1c1cccc2nonc12. The Morgan fingerprint density at radius 1 is 1.24 bits per heavy atom. The van der Waals surface area contributed by atoms with Crippen LogP contribution in [-0.2, 0) is 9.53 Å². The molecule has 0 fully saturated rings. The lowest BCUT2D eigenvalue weighted by atomic mass is 9.76. The Hall–Kier alpha value is -3.29. The summed E-state index contributed by atoms with van der Waals surface area (Å²) >= 11 is 0. The molecule has 1 aliphatic heterocycles. The Bertz CT molecular complexity index is 1090. The number of aliphatic imine (C=N–C) groups is 1. The van der Waals surface area contributed by atoms with Crippen molar-refractivity contribution in [3.63, 3.8) is 0 Å².